The van der Waals surface area contributed by atoms with Crippen molar-refractivity contribution in [2.75, 3.05) is 11.5 Å². The lowest BCUT2D eigenvalue weighted by Gasteiger charge is -2.00. The molecule has 0 bridgehead atoms. The molecule has 0 saturated carbocycles. The van der Waals surface area contributed by atoms with Crippen LogP contribution in [0.4, 0.5) is 11.6 Å². The van der Waals surface area contributed by atoms with E-state index in [1.165, 1.54) is 17.8 Å². The van der Waals surface area contributed by atoms with Crippen molar-refractivity contribution in [2.24, 2.45) is 0 Å². The van der Waals surface area contributed by atoms with Crippen LogP contribution in [0, 0.1) is 0 Å². The summed E-state index contributed by atoms with van der Waals surface area (Å²) >= 11 is 4.71. The molecule has 0 saturated heterocycles. The molecule has 9 heteroatoms. The van der Waals surface area contributed by atoms with Crippen molar-refractivity contribution < 1.29 is 4.42 Å². The predicted octanol–water partition coefficient (Wildman–Crippen LogP) is 2.75. The van der Waals surface area contributed by atoms with Crippen LogP contribution >= 0.6 is 27.7 Å². The number of hydrogen-bond acceptors (Lipinski definition) is 8. The molecule has 0 atom stereocenters. The van der Waals surface area contributed by atoms with Gasteiger partial charge >= 0.3 is 0 Å². The molecule has 3 aromatic rings. The molecule has 0 amide bonds. The monoisotopic (exact) mass is 378 g/mol. The minimum absolute atomic E-state index is 0.330. The maximum absolute atomic E-state index is 5.62. The van der Waals surface area contributed by atoms with Crippen molar-refractivity contribution in [3.8, 4) is 11.5 Å². The maximum atomic E-state index is 5.62. The fourth-order valence-corrected chi connectivity index (χ4v) is 2.65. The Kier molecular flexibility index (Phi) is 4.25. The van der Waals surface area contributed by atoms with Gasteiger partial charge in [-0.3, -0.25) is 0 Å². The molecule has 112 valence electrons. The van der Waals surface area contributed by atoms with E-state index in [2.05, 4.69) is 36.1 Å². The highest BCUT2D eigenvalue weighted by Crippen LogP contribution is 2.24. The normalized spacial score (nSPS) is 10.8. The Labute approximate surface area is 138 Å². The molecule has 0 aliphatic heterocycles. The first-order chi connectivity index (χ1) is 10.6. The average molecular weight is 379 g/mol. The minimum atomic E-state index is 0.330. The number of rotatable bonds is 4. The number of aromatic nitrogens is 4. The van der Waals surface area contributed by atoms with Gasteiger partial charge in [0.2, 0.25) is 11.8 Å². The summed E-state index contributed by atoms with van der Waals surface area (Å²) in [6.07, 6.45) is 0. The number of halogens is 1. The van der Waals surface area contributed by atoms with E-state index in [-0.39, 0.29) is 0 Å². The van der Waals surface area contributed by atoms with Gasteiger partial charge in [0.15, 0.2) is 5.16 Å². The summed E-state index contributed by atoms with van der Waals surface area (Å²) in [5.74, 6) is 2.04. The van der Waals surface area contributed by atoms with Crippen LogP contribution in [0.25, 0.3) is 11.5 Å². The summed E-state index contributed by atoms with van der Waals surface area (Å²) in [4.78, 5) is 8.16. The third-order valence-electron chi connectivity index (χ3n) is 2.63. The topological polar surface area (TPSA) is 117 Å². The SMILES string of the molecule is Nc1cc(N)nc(SCc2nnc(-c3ccc(Br)cc3)o2)n1. The third-order valence-corrected chi connectivity index (χ3v) is 3.99. The summed E-state index contributed by atoms with van der Waals surface area (Å²) in [6.45, 7) is 0. The van der Waals surface area contributed by atoms with Gasteiger partial charge in [-0.25, -0.2) is 9.97 Å². The molecule has 2 aromatic heterocycles. The smallest absolute Gasteiger partial charge is 0.247 e. The first kappa shape index (κ1) is 14.8. The first-order valence-corrected chi connectivity index (χ1v) is 7.99. The Hall–Kier alpha value is -2.13. The van der Waals surface area contributed by atoms with Crippen molar-refractivity contribution in [3.05, 3.63) is 40.7 Å². The lowest BCUT2D eigenvalue weighted by molar-refractivity contribution is 0.528. The van der Waals surface area contributed by atoms with Crippen LogP contribution in [0.1, 0.15) is 5.89 Å². The van der Waals surface area contributed by atoms with Gasteiger partial charge in [0.05, 0.1) is 5.75 Å². The second-order valence-electron chi connectivity index (χ2n) is 4.30. The molecular formula is C13H11BrN6OS. The van der Waals surface area contributed by atoms with Gasteiger partial charge in [0.1, 0.15) is 11.6 Å². The minimum Gasteiger partial charge on any atom is -0.420 e. The summed E-state index contributed by atoms with van der Waals surface area (Å²) < 4.78 is 6.60. The molecule has 0 aliphatic rings. The highest BCUT2D eigenvalue weighted by molar-refractivity contribution is 9.10. The Bertz CT molecular complexity index is 771. The Morgan fingerprint density at radius 3 is 2.41 bits per heavy atom. The first-order valence-electron chi connectivity index (χ1n) is 6.21. The average Bonchev–Trinajstić information content (AvgIpc) is 2.94. The molecule has 2 heterocycles. The molecule has 22 heavy (non-hydrogen) atoms. The van der Waals surface area contributed by atoms with Gasteiger partial charge < -0.3 is 15.9 Å². The van der Waals surface area contributed by atoms with Crippen LogP contribution in [-0.4, -0.2) is 20.2 Å². The van der Waals surface area contributed by atoms with Crippen molar-refractivity contribution in [1.82, 2.24) is 20.2 Å². The molecule has 0 aliphatic carbocycles. The highest BCUT2D eigenvalue weighted by Gasteiger charge is 2.10. The summed E-state index contributed by atoms with van der Waals surface area (Å²) in [7, 11) is 0. The molecule has 4 N–H and O–H groups in total. The van der Waals surface area contributed by atoms with Gasteiger partial charge in [0.25, 0.3) is 0 Å². The van der Waals surface area contributed by atoms with Gasteiger partial charge in [-0.2, -0.15) is 0 Å². The number of nitrogens with two attached hydrogens (primary N) is 2. The van der Waals surface area contributed by atoms with Gasteiger partial charge in [-0.15, -0.1) is 10.2 Å². The largest absolute Gasteiger partial charge is 0.420 e. The van der Waals surface area contributed by atoms with Crippen LogP contribution in [0.15, 0.2) is 44.4 Å². The van der Waals surface area contributed by atoms with Gasteiger partial charge in [0, 0.05) is 16.1 Å². The zero-order valence-corrected chi connectivity index (χ0v) is 13.6. The zero-order valence-electron chi connectivity index (χ0n) is 11.2. The van der Waals surface area contributed by atoms with Crippen LogP contribution < -0.4 is 11.5 Å². The van der Waals surface area contributed by atoms with E-state index >= 15 is 0 Å². The number of nitrogens with zero attached hydrogens (tertiary/aromatic N) is 4. The van der Waals surface area contributed by atoms with Crippen LogP contribution in [0.3, 0.4) is 0 Å². The number of hydrogen-bond donors (Lipinski definition) is 2. The number of anilines is 2. The number of thioether (sulfide) groups is 1. The number of nitrogen functional groups attached to an aromatic ring is 2. The molecule has 3 rings (SSSR count). The van der Waals surface area contributed by atoms with Crippen LogP contribution in [0.2, 0.25) is 0 Å². The summed E-state index contributed by atoms with van der Waals surface area (Å²) in [5.41, 5.74) is 12.1. The predicted molar refractivity (Wildman–Crippen MR) is 87.9 cm³/mol. The van der Waals surface area contributed by atoms with Crippen molar-refractivity contribution >= 4 is 39.3 Å². The van der Waals surface area contributed by atoms with Crippen LogP contribution in [0.5, 0.6) is 0 Å². The van der Waals surface area contributed by atoms with Crippen LogP contribution in [-0.2, 0) is 5.75 Å². The van der Waals surface area contributed by atoms with E-state index in [1.54, 1.807) is 0 Å². The van der Waals surface area contributed by atoms with Gasteiger partial charge in [-0.05, 0) is 24.3 Å². The van der Waals surface area contributed by atoms with Gasteiger partial charge in [-0.1, -0.05) is 27.7 Å². The molecule has 7 nitrogen and oxygen atoms in total. The standard InChI is InChI=1S/C13H11BrN6OS/c14-8-3-1-7(2-4-8)12-20-19-11(21-12)6-22-13-17-9(15)5-10(16)18-13/h1-5H,6H2,(H4,15,16,17,18). The van der Waals surface area contributed by atoms with E-state index in [0.717, 1.165) is 10.0 Å². The maximum Gasteiger partial charge on any atom is 0.247 e. The second kappa shape index (κ2) is 6.32. The fraction of sp³-hybridized carbons (Fsp3) is 0.0769. The molecular weight excluding hydrogens is 368 g/mol. The van der Waals surface area contributed by atoms with Crippen molar-refractivity contribution in [1.29, 1.82) is 0 Å². The van der Waals surface area contributed by atoms with Crippen molar-refractivity contribution in [2.45, 2.75) is 10.9 Å². The van der Waals surface area contributed by atoms with E-state index in [9.17, 15) is 0 Å². The lowest BCUT2D eigenvalue weighted by atomic mass is 10.2. The molecule has 0 fully saturated rings. The molecule has 1 aromatic carbocycles. The molecule has 0 unspecified atom stereocenters. The Morgan fingerprint density at radius 2 is 1.73 bits per heavy atom. The van der Waals surface area contributed by atoms with E-state index < -0.39 is 0 Å². The quantitative estimate of drug-likeness (QED) is 0.525. The third kappa shape index (κ3) is 3.55. The number of benzene rings is 1. The van der Waals surface area contributed by atoms with E-state index in [0.29, 0.717) is 34.3 Å². The summed E-state index contributed by atoms with van der Waals surface area (Å²) in [5, 5.41) is 8.51. The Morgan fingerprint density at radius 1 is 1.05 bits per heavy atom. The molecule has 0 spiro atoms. The zero-order chi connectivity index (χ0) is 15.5. The lowest BCUT2D eigenvalue weighted by Crippen LogP contribution is -1.99. The van der Waals surface area contributed by atoms with E-state index in [1.807, 2.05) is 24.3 Å². The Balaban J connectivity index is 1.70. The highest BCUT2D eigenvalue weighted by atomic mass is 79.9. The summed E-state index contributed by atoms with van der Waals surface area (Å²) in [6, 6.07) is 9.13. The fourth-order valence-electron chi connectivity index (χ4n) is 1.67. The molecule has 0 radical (unpaired) electrons. The second-order valence-corrected chi connectivity index (χ2v) is 6.15. The van der Waals surface area contributed by atoms with E-state index in [4.69, 9.17) is 15.9 Å². The van der Waals surface area contributed by atoms with Crippen molar-refractivity contribution in [3.63, 3.8) is 0 Å².